The number of carbonyl (C=O) groups is 1. The van der Waals surface area contributed by atoms with E-state index in [0.29, 0.717) is 11.7 Å². The average Bonchev–Trinajstić information content (AvgIpc) is 2.69. The van der Waals surface area contributed by atoms with Crippen molar-refractivity contribution >= 4 is 39.9 Å². The van der Waals surface area contributed by atoms with Crippen LogP contribution >= 0.6 is 23.1 Å². The van der Waals surface area contributed by atoms with Crippen molar-refractivity contribution in [3.63, 3.8) is 0 Å². The molecule has 0 bridgehead atoms. The quantitative estimate of drug-likeness (QED) is 0.442. The molecule has 94 valence electrons. The van der Waals surface area contributed by atoms with Gasteiger partial charge in [-0.1, -0.05) is 12.1 Å². The van der Waals surface area contributed by atoms with Crippen molar-refractivity contribution in [1.29, 1.82) is 0 Å². The monoisotopic (exact) mass is 275 g/mol. The summed E-state index contributed by atoms with van der Waals surface area (Å²) in [5.41, 5.74) is 5.43. The second-order valence-corrected chi connectivity index (χ2v) is 5.13. The molecule has 0 aliphatic heterocycles. The number of carboxylic acid groups (broad SMARTS) is 1. The maximum atomic E-state index is 10.9. The van der Waals surface area contributed by atoms with Gasteiger partial charge in [-0.2, -0.15) is 11.8 Å². The summed E-state index contributed by atoms with van der Waals surface area (Å²) >= 11 is 2.85. The minimum Gasteiger partial charge on any atom is -0.476 e. The molecule has 1 aromatic rings. The normalized spacial score (nSPS) is 11.5. The lowest BCUT2D eigenvalue weighted by atomic mass is 10.3. The molecule has 0 fully saturated rings. The van der Waals surface area contributed by atoms with Crippen molar-refractivity contribution < 1.29 is 14.7 Å². The summed E-state index contributed by atoms with van der Waals surface area (Å²) in [5.74, 6) is 0.576. The van der Waals surface area contributed by atoms with Crippen LogP contribution in [0.4, 0.5) is 5.13 Å². The van der Waals surface area contributed by atoms with E-state index >= 15 is 0 Å². The molecule has 6 nitrogen and oxygen atoms in total. The first kappa shape index (κ1) is 13.8. The Labute approximate surface area is 107 Å². The molecule has 17 heavy (non-hydrogen) atoms. The Hall–Kier alpha value is -1.28. The van der Waals surface area contributed by atoms with Crippen LogP contribution in [0.1, 0.15) is 12.6 Å². The van der Waals surface area contributed by atoms with Crippen molar-refractivity contribution in [2.75, 3.05) is 23.8 Å². The first-order valence-corrected chi connectivity index (χ1v) is 6.91. The number of nitrogen functional groups attached to an aromatic ring is 1. The molecule has 3 N–H and O–H groups in total. The molecule has 1 rings (SSSR count). The van der Waals surface area contributed by atoms with Crippen LogP contribution in [0.3, 0.4) is 0 Å². The number of rotatable bonds is 7. The second kappa shape index (κ2) is 7.13. The van der Waals surface area contributed by atoms with Gasteiger partial charge in [-0.25, -0.2) is 9.78 Å². The second-order valence-electron chi connectivity index (χ2n) is 2.85. The molecule has 0 radical (unpaired) electrons. The van der Waals surface area contributed by atoms with Crippen molar-refractivity contribution in [3.05, 3.63) is 11.1 Å². The van der Waals surface area contributed by atoms with E-state index in [9.17, 15) is 4.79 Å². The predicted octanol–water partition coefficient (Wildman–Crippen LogP) is 1.28. The van der Waals surface area contributed by atoms with Gasteiger partial charge in [-0.05, 0) is 5.75 Å². The average molecular weight is 275 g/mol. The van der Waals surface area contributed by atoms with E-state index in [1.54, 1.807) is 11.8 Å². The topological polar surface area (TPSA) is 97.8 Å². The molecule has 0 saturated heterocycles. The molecule has 0 amide bonds. The third-order valence-electron chi connectivity index (χ3n) is 1.65. The molecule has 0 saturated carbocycles. The third-order valence-corrected chi connectivity index (χ3v) is 3.18. The Kier molecular flexibility index (Phi) is 5.78. The number of anilines is 1. The highest BCUT2D eigenvalue weighted by atomic mass is 32.2. The van der Waals surface area contributed by atoms with Crippen molar-refractivity contribution in [2.45, 2.75) is 6.92 Å². The number of aromatic nitrogens is 1. The fourth-order valence-electron chi connectivity index (χ4n) is 0.942. The van der Waals surface area contributed by atoms with Gasteiger partial charge < -0.3 is 15.7 Å². The van der Waals surface area contributed by atoms with Crippen LogP contribution in [-0.4, -0.2) is 39.9 Å². The van der Waals surface area contributed by atoms with E-state index in [0.717, 1.165) is 22.8 Å². The summed E-state index contributed by atoms with van der Waals surface area (Å²) < 4.78 is 0. The first-order valence-electron chi connectivity index (χ1n) is 4.87. The number of nitrogens with zero attached hydrogens (tertiary/aromatic N) is 2. The van der Waals surface area contributed by atoms with Crippen LogP contribution in [0.2, 0.25) is 0 Å². The summed E-state index contributed by atoms with van der Waals surface area (Å²) in [5, 5.41) is 14.4. The van der Waals surface area contributed by atoms with Gasteiger partial charge >= 0.3 is 5.97 Å². The molecular weight excluding hydrogens is 262 g/mol. The molecule has 0 atom stereocenters. The van der Waals surface area contributed by atoms with Crippen LogP contribution in [0, 0.1) is 0 Å². The summed E-state index contributed by atoms with van der Waals surface area (Å²) in [4.78, 5) is 19.7. The van der Waals surface area contributed by atoms with E-state index in [1.165, 1.54) is 5.38 Å². The molecule has 1 heterocycles. The maximum absolute atomic E-state index is 10.9. The SMILES string of the molecule is CCSCCON=C(C(=O)O)c1csc(N)n1. The zero-order chi connectivity index (χ0) is 12.7. The lowest BCUT2D eigenvalue weighted by Gasteiger charge is -2.00. The van der Waals surface area contributed by atoms with E-state index < -0.39 is 5.97 Å². The molecule has 0 spiro atoms. The minimum atomic E-state index is -1.18. The zero-order valence-electron chi connectivity index (χ0n) is 9.25. The molecule has 0 aromatic carbocycles. The zero-order valence-corrected chi connectivity index (χ0v) is 10.9. The Morgan fingerprint density at radius 3 is 3.06 bits per heavy atom. The summed E-state index contributed by atoms with van der Waals surface area (Å²) in [6, 6.07) is 0. The van der Waals surface area contributed by atoms with Crippen LogP contribution in [-0.2, 0) is 9.63 Å². The Morgan fingerprint density at radius 1 is 1.76 bits per heavy atom. The van der Waals surface area contributed by atoms with E-state index in [-0.39, 0.29) is 11.4 Å². The minimum absolute atomic E-state index is 0.223. The molecule has 0 aliphatic rings. The number of oxime groups is 1. The highest BCUT2D eigenvalue weighted by Gasteiger charge is 2.16. The number of thioether (sulfide) groups is 1. The highest BCUT2D eigenvalue weighted by Crippen LogP contribution is 2.12. The van der Waals surface area contributed by atoms with Crippen molar-refractivity contribution in [3.8, 4) is 0 Å². The fraction of sp³-hybridized carbons (Fsp3) is 0.444. The van der Waals surface area contributed by atoms with Gasteiger partial charge in [0, 0.05) is 11.1 Å². The van der Waals surface area contributed by atoms with Gasteiger partial charge in [0.1, 0.15) is 12.3 Å². The van der Waals surface area contributed by atoms with E-state index in [4.69, 9.17) is 15.7 Å². The van der Waals surface area contributed by atoms with Gasteiger partial charge in [0.05, 0.1) is 0 Å². The number of hydrogen-bond acceptors (Lipinski definition) is 7. The highest BCUT2D eigenvalue weighted by molar-refractivity contribution is 7.99. The van der Waals surface area contributed by atoms with E-state index in [2.05, 4.69) is 10.1 Å². The number of carboxylic acids is 1. The molecular formula is C9H13N3O3S2. The third kappa shape index (κ3) is 4.61. The number of aliphatic carboxylic acids is 1. The molecule has 0 aliphatic carbocycles. The molecule has 8 heteroatoms. The first-order chi connectivity index (χ1) is 8.15. The van der Waals surface area contributed by atoms with Crippen LogP contribution in [0.5, 0.6) is 0 Å². The van der Waals surface area contributed by atoms with Gasteiger partial charge in [-0.15, -0.1) is 11.3 Å². The Balaban J connectivity index is 2.60. The summed E-state index contributed by atoms with van der Waals surface area (Å²) in [7, 11) is 0. The predicted molar refractivity (Wildman–Crippen MR) is 69.7 cm³/mol. The fourth-order valence-corrected chi connectivity index (χ4v) is 1.97. The standard InChI is InChI=1S/C9H13N3O3S2/c1-2-16-4-3-15-12-7(8(13)14)6-5-17-9(10)11-6/h5H,2-4H2,1H3,(H2,10,11)(H,13,14). The number of nitrogens with two attached hydrogens (primary N) is 1. The van der Waals surface area contributed by atoms with E-state index in [1.807, 2.05) is 6.92 Å². The number of thiazole rings is 1. The summed E-state index contributed by atoms with van der Waals surface area (Å²) in [6.07, 6.45) is 0. The van der Waals surface area contributed by atoms with Gasteiger partial charge in [0.15, 0.2) is 5.13 Å². The lowest BCUT2D eigenvalue weighted by molar-refractivity contribution is -0.129. The maximum Gasteiger partial charge on any atom is 0.360 e. The van der Waals surface area contributed by atoms with Crippen LogP contribution < -0.4 is 5.73 Å². The molecule has 0 unspecified atom stereocenters. The largest absolute Gasteiger partial charge is 0.476 e. The summed E-state index contributed by atoms with van der Waals surface area (Å²) in [6.45, 7) is 2.41. The van der Waals surface area contributed by atoms with Gasteiger partial charge in [-0.3, -0.25) is 0 Å². The Morgan fingerprint density at radius 2 is 2.53 bits per heavy atom. The number of hydrogen-bond donors (Lipinski definition) is 2. The molecule has 1 aromatic heterocycles. The van der Waals surface area contributed by atoms with Crippen molar-refractivity contribution in [2.24, 2.45) is 5.16 Å². The van der Waals surface area contributed by atoms with Crippen LogP contribution in [0.15, 0.2) is 10.5 Å². The van der Waals surface area contributed by atoms with Crippen LogP contribution in [0.25, 0.3) is 0 Å². The Bertz CT molecular complexity index is 406. The van der Waals surface area contributed by atoms with Gasteiger partial charge in [0.25, 0.3) is 0 Å². The lowest BCUT2D eigenvalue weighted by Crippen LogP contribution is -2.16. The smallest absolute Gasteiger partial charge is 0.360 e. The van der Waals surface area contributed by atoms with Crippen molar-refractivity contribution in [1.82, 2.24) is 4.98 Å². The van der Waals surface area contributed by atoms with Gasteiger partial charge in [0.2, 0.25) is 5.71 Å².